The normalized spacial score (nSPS) is 24.8. The second-order valence-corrected chi connectivity index (χ2v) is 6.24. The van der Waals surface area contributed by atoms with E-state index in [1.807, 2.05) is 0 Å². The molecule has 3 N–H and O–H groups in total. The van der Waals surface area contributed by atoms with Crippen LogP contribution in [0.15, 0.2) is 4.99 Å². The molecule has 2 fully saturated rings. The highest BCUT2D eigenvalue weighted by Gasteiger charge is 2.22. The van der Waals surface area contributed by atoms with E-state index in [1.165, 1.54) is 25.8 Å². The molecule has 6 nitrogen and oxygen atoms in total. The number of hydrogen-bond acceptors (Lipinski definition) is 4. The lowest BCUT2D eigenvalue weighted by molar-refractivity contribution is 0.0372. The molecule has 1 atom stereocenters. The summed E-state index contributed by atoms with van der Waals surface area (Å²) < 4.78 is 5.35. The molecule has 2 saturated heterocycles. The van der Waals surface area contributed by atoms with Gasteiger partial charge in [0.25, 0.3) is 0 Å². The van der Waals surface area contributed by atoms with Gasteiger partial charge in [0.05, 0.1) is 19.8 Å². The third kappa shape index (κ3) is 6.10. The lowest BCUT2D eigenvalue weighted by Crippen LogP contribution is -2.38. The summed E-state index contributed by atoms with van der Waals surface area (Å²) >= 11 is 0. The second kappa shape index (κ2) is 10.0. The molecule has 2 heterocycles. The third-order valence-electron chi connectivity index (χ3n) is 4.69. The van der Waals surface area contributed by atoms with Crippen LogP contribution in [0.2, 0.25) is 0 Å². The Morgan fingerprint density at radius 3 is 2.86 bits per heavy atom. The number of nitrogens with two attached hydrogens (primary N) is 1. The Balaban J connectivity index is 1.51. The van der Waals surface area contributed by atoms with Crippen LogP contribution in [0.5, 0.6) is 0 Å². The van der Waals surface area contributed by atoms with Gasteiger partial charge in [-0.05, 0) is 45.3 Å². The van der Waals surface area contributed by atoms with Gasteiger partial charge in [-0.3, -0.25) is 14.8 Å². The number of morpholine rings is 1. The standard InChI is InChI=1S/C16H33N5O/c1-2-21-9-5-6-15(21)14-19-16(17)18-7-3-4-8-20-10-12-22-13-11-20/h15H,2-14H2,1H3,(H3,17,18,19). The lowest BCUT2D eigenvalue weighted by Gasteiger charge is -2.26. The van der Waals surface area contributed by atoms with Gasteiger partial charge < -0.3 is 15.8 Å². The maximum Gasteiger partial charge on any atom is 0.188 e. The van der Waals surface area contributed by atoms with E-state index in [0.717, 1.165) is 58.9 Å². The average Bonchev–Trinajstić information content (AvgIpc) is 3.01. The fraction of sp³-hybridized carbons (Fsp3) is 0.938. The Morgan fingerprint density at radius 2 is 2.09 bits per heavy atom. The summed E-state index contributed by atoms with van der Waals surface area (Å²) in [6.07, 6.45) is 4.89. The first-order chi connectivity index (χ1) is 10.8. The molecule has 22 heavy (non-hydrogen) atoms. The maximum absolute atomic E-state index is 5.96. The molecule has 0 spiro atoms. The molecule has 1 unspecified atom stereocenters. The van der Waals surface area contributed by atoms with E-state index in [2.05, 4.69) is 27.0 Å². The molecule has 0 aromatic heterocycles. The molecule has 6 heteroatoms. The van der Waals surface area contributed by atoms with Gasteiger partial charge in [-0.15, -0.1) is 0 Å². The number of unbranched alkanes of at least 4 members (excludes halogenated alkanes) is 1. The summed E-state index contributed by atoms with van der Waals surface area (Å²) in [4.78, 5) is 9.48. The number of hydrogen-bond donors (Lipinski definition) is 2. The Morgan fingerprint density at radius 1 is 1.27 bits per heavy atom. The van der Waals surface area contributed by atoms with Crippen molar-refractivity contribution >= 4 is 5.96 Å². The van der Waals surface area contributed by atoms with Crippen molar-refractivity contribution in [2.24, 2.45) is 10.7 Å². The van der Waals surface area contributed by atoms with Crippen molar-refractivity contribution in [2.75, 3.05) is 59.0 Å². The Labute approximate surface area is 135 Å². The number of rotatable bonds is 8. The van der Waals surface area contributed by atoms with Crippen molar-refractivity contribution in [2.45, 2.75) is 38.6 Å². The Kier molecular flexibility index (Phi) is 7.98. The van der Waals surface area contributed by atoms with Gasteiger partial charge in [-0.2, -0.15) is 0 Å². The average molecular weight is 311 g/mol. The fourth-order valence-corrected chi connectivity index (χ4v) is 3.28. The largest absolute Gasteiger partial charge is 0.379 e. The molecule has 0 aromatic rings. The molecule has 0 radical (unpaired) electrons. The topological polar surface area (TPSA) is 66.1 Å². The molecular formula is C16H33N5O. The summed E-state index contributed by atoms with van der Waals surface area (Å²) in [5.41, 5.74) is 5.96. The summed E-state index contributed by atoms with van der Waals surface area (Å²) in [7, 11) is 0. The van der Waals surface area contributed by atoms with Crippen LogP contribution < -0.4 is 11.1 Å². The van der Waals surface area contributed by atoms with Gasteiger partial charge in [-0.25, -0.2) is 0 Å². The molecular weight excluding hydrogens is 278 g/mol. The van der Waals surface area contributed by atoms with Gasteiger partial charge in [0, 0.05) is 25.7 Å². The van der Waals surface area contributed by atoms with E-state index >= 15 is 0 Å². The number of nitrogens with one attached hydrogen (secondary N) is 1. The fourth-order valence-electron chi connectivity index (χ4n) is 3.28. The number of likely N-dealkylation sites (tertiary alicyclic amines) is 1. The number of aliphatic imine (C=N–C) groups is 1. The quantitative estimate of drug-likeness (QED) is 0.388. The van der Waals surface area contributed by atoms with Gasteiger partial charge in [0.1, 0.15) is 0 Å². The van der Waals surface area contributed by atoms with Gasteiger partial charge in [0.2, 0.25) is 0 Å². The van der Waals surface area contributed by atoms with Crippen molar-refractivity contribution < 1.29 is 4.74 Å². The molecule has 0 amide bonds. The summed E-state index contributed by atoms with van der Waals surface area (Å²) in [5, 5.41) is 3.24. The number of ether oxygens (including phenoxy) is 1. The molecule has 2 rings (SSSR count). The smallest absolute Gasteiger partial charge is 0.188 e. The Bertz CT molecular complexity index is 330. The van der Waals surface area contributed by atoms with E-state index in [0.29, 0.717) is 12.0 Å². The number of nitrogens with zero attached hydrogens (tertiary/aromatic N) is 3. The van der Waals surface area contributed by atoms with Gasteiger partial charge >= 0.3 is 0 Å². The maximum atomic E-state index is 5.96. The molecule has 0 saturated carbocycles. The first kappa shape index (κ1) is 17.5. The summed E-state index contributed by atoms with van der Waals surface area (Å²) in [5.74, 6) is 0.606. The first-order valence-corrected chi connectivity index (χ1v) is 8.87. The van der Waals surface area contributed by atoms with Crippen LogP contribution in [0.3, 0.4) is 0 Å². The van der Waals surface area contributed by atoms with Gasteiger partial charge in [0.15, 0.2) is 5.96 Å². The molecule has 0 aliphatic carbocycles. The van der Waals surface area contributed by atoms with Crippen molar-refractivity contribution in [3.63, 3.8) is 0 Å². The van der Waals surface area contributed by atoms with Crippen LogP contribution in [0.1, 0.15) is 32.6 Å². The van der Waals surface area contributed by atoms with Crippen LogP contribution in [-0.4, -0.2) is 80.8 Å². The van der Waals surface area contributed by atoms with Crippen LogP contribution >= 0.6 is 0 Å². The highest BCUT2D eigenvalue weighted by atomic mass is 16.5. The minimum Gasteiger partial charge on any atom is -0.379 e. The van der Waals surface area contributed by atoms with Crippen molar-refractivity contribution in [3.8, 4) is 0 Å². The van der Waals surface area contributed by atoms with E-state index in [9.17, 15) is 0 Å². The molecule has 128 valence electrons. The molecule has 2 aliphatic rings. The molecule has 2 aliphatic heterocycles. The number of guanidine groups is 1. The van der Waals surface area contributed by atoms with Crippen LogP contribution in [0.25, 0.3) is 0 Å². The summed E-state index contributed by atoms with van der Waals surface area (Å²) in [6, 6.07) is 0.590. The lowest BCUT2D eigenvalue weighted by atomic mass is 10.2. The van der Waals surface area contributed by atoms with Crippen LogP contribution in [-0.2, 0) is 4.74 Å². The zero-order chi connectivity index (χ0) is 15.6. The summed E-state index contributed by atoms with van der Waals surface area (Å²) in [6.45, 7) is 11.4. The third-order valence-corrected chi connectivity index (χ3v) is 4.69. The number of likely N-dealkylation sites (N-methyl/N-ethyl adjacent to an activating group) is 1. The predicted octanol–water partition coefficient (Wildman–Crippen LogP) is 0.487. The van der Waals surface area contributed by atoms with E-state index in [1.54, 1.807) is 0 Å². The van der Waals surface area contributed by atoms with Gasteiger partial charge in [-0.1, -0.05) is 6.92 Å². The van der Waals surface area contributed by atoms with E-state index in [-0.39, 0.29) is 0 Å². The van der Waals surface area contributed by atoms with Crippen LogP contribution in [0, 0.1) is 0 Å². The predicted molar refractivity (Wildman–Crippen MR) is 91.3 cm³/mol. The van der Waals surface area contributed by atoms with E-state index < -0.39 is 0 Å². The minimum absolute atomic E-state index is 0.590. The van der Waals surface area contributed by atoms with E-state index in [4.69, 9.17) is 10.5 Å². The monoisotopic (exact) mass is 311 g/mol. The van der Waals surface area contributed by atoms with Crippen molar-refractivity contribution in [1.29, 1.82) is 0 Å². The zero-order valence-corrected chi connectivity index (χ0v) is 14.1. The SMILES string of the molecule is CCN1CCCC1CN=C(N)NCCCCN1CCOCC1. The first-order valence-electron chi connectivity index (χ1n) is 8.87. The second-order valence-electron chi connectivity index (χ2n) is 6.24. The van der Waals surface area contributed by atoms with Crippen LogP contribution in [0.4, 0.5) is 0 Å². The van der Waals surface area contributed by atoms with Crippen molar-refractivity contribution in [3.05, 3.63) is 0 Å². The minimum atomic E-state index is 0.590. The van der Waals surface area contributed by atoms with Crippen molar-refractivity contribution in [1.82, 2.24) is 15.1 Å². The zero-order valence-electron chi connectivity index (χ0n) is 14.1. The molecule has 0 bridgehead atoms. The molecule has 0 aromatic carbocycles. The Hall–Kier alpha value is -0.850. The highest BCUT2D eigenvalue weighted by molar-refractivity contribution is 5.77. The highest BCUT2D eigenvalue weighted by Crippen LogP contribution is 2.16.